The van der Waals surface area contributed by atoms with Crippen LogP contribution >= 0.6 is 0 Å². The molecule has 2 aromatic rings. The third kappa shape index (κ3) is 5.32. The molecule has 0 amide bonds. The molecule has 0 spiro atoms. The van der Waals surface area contributed by atoms with E-state index in [0.29, 0.717) is 33.8 Å². The average Bonchev–Trinajstić information content (AvgIpc) is 3.12. The number of hydrogen-bond donors (Lipinski definition) is 4. The predicted molar refractivity (Wildman–Crippen MR) is 175 cm³/mol. The zero-order valence-electron chi connectivity index (χ0n) is 27.4. The van der Waals surface area contributed by atoms with Gasteiger partial charge in [-0.15, -0.1) is 0 Å². The van der Waals surface area contributed by atoms with Crippen LogP contribution in [0.1, 0.15) is 22.3 Å². The molecule has 0 heterocycles. The highest BCUT2D eigenvalue weighted by atomic mass is 16.6. The van der Waals surface area contributed by atoms with E-state index in [1.54, 1.807) is 12.2 Å². The molecule has 46 heavy (non-hydrogen) atoms. The lowest BCUT2D eigenvalue weighted by Crippen LogP contribution is -2.54. The molecule has 2 aliphatic rings. The van der Waals surface area contributed by atoms with Gasteiger partial charge in [-0.25, -0.2) is 0 Å². The Kier molecular flexibility index (Phi) is 11.4. The smallest absolute Gasteiger partial charge is 0.191 e. The van der Waals surface area contributed by atoms with E-state index in [4.69, 9.17) is 51.4 Å². The normalized spacial score (nSPS) is 24.9. The molecular formula is C35H46N4O7. The Morgan fingerprint density at radius 3 is 1.26 bits per heavy atom. The Bertz CT molecular complexity index is 1450. The van der Waals surface area contributed by atoms with E-state index in [0.717, 1.165) is 11.1 Å². The number of methoxy groups -OCH3 is 6. The first kappa shape index (κ1) is 35.2. The van der Waals surface area contributed by atoms with Crippen molar-refractivity contribution in [3.05, 3.63) is 117 Å². The first-order chi connectivity index (χ1) is 22.3. The molecule has 11 nitrogen and oxygen atoms in total. The second kappa shape index (κ2) is 14.8. The Hall–Kier alpha value is -3.65. The van der Waals surface area contributed by atoms with Crippen molar-refractivity contribution in [1.29, 1.82) is 0 Å². The molecule has 4 unspecified atom stereocenters. The highest BCUT2D eigenvalue weighted by Crippen LogP contribution is 2.51. The number of nitrogens with two attached hydrogens (primary N) is 4. The van der Waals surface area contributed by atoms with Gasteiger partial charge in [0.05, 0.1) is 14.2 Å². The van der Waals surface area contributed by atoms with Crippen LogP contribution in [0.2, 0.25) is 0 Å². The van der Waals surface area contributed by atoms with Crippen LogP contribution in [0.15, 0.2) is 94.5 Å². The number of carbonyl (C=O) groups excluding carboxylic acids is 1. The molecule has 248 valence electrons. The van der Waals surface area contributed by atoms with Gasteiger partial charge in [-0.3, -0.25) is 4.79 Å². The largest absolute Gasteiger partial charge is 0.498 e. The summed E-state index contributed by atoms with van der Waals surface area (Å²) >= 11 is 0. The van der Waals surface area contributed by atoms with Crippen molar-refractivity contribution in [3.8, 4) is 0 Å². The Balaban J connectivity index is 2.07. The Labute approximate surface area is 270 Å². The molecule has 0 bridgehead atoms. The summed E-state index contributed by atoms with van der Waals surface area (Å²) in [6, 6.07) is 15.1. The van der Waals surface area contributed by atoms with Crippen LogP contribution in [0, 0.1) is 0 Å². The molecule has 0 aliphatic heterocycles. The highest BCUT2D eigenvalue weighted by Gasteiger charge is 2.57. The Morgan fingerprint density at radius 2 is 0.978 bits per heavy atom. The van der Waals surface area contributed by atoms with Crippen molar-refractivity contribution >= 4 is 5.78 Å². The second-order valence-corrected chi connectivity index (χ2v) is 10.9. The molecule has 2 aliphatic carbocycles. The van der Waals surface area contributed by atoms with Crippen LogP contribution in [0.4, 0.5) is 0 Å². The van der Waals surface area contributed by atoms with Crippen molar-refractivity contribution in [2.24, 2.45) is 22.9 Å². The predicted octanol–water partition coefficient (Wildman–Crippen LogP) is 2.19. The number of Topliss-reactive ketones (excluding diaryl/α,β-unsaturated/α-hetero) is 1. The van der Waals surface area contributed by atoms with Gasteiger partial charge in [0, 0.05) is 65.8 Å². The lowest BCUT2D eigenvalue weighted by atomic mass is 9.69. The number of carbonyl (C=O) groups is 1. The fourth-order valence-corrected chi connectivity index (χ4v) is 6.99. The van der Waals surface area contributed by atoms with Crippen molar-refractivity contribution < 1.29 is 33.2 Å². The van der Waals surface area contributed by atoms with Crippen molar-refractivity contribution in [2.75, 3.05) is 55.7 Å². The number of rotatable bonds is 14. The number of ketones is 1. The second-order valence-electron chi connectivity index (χ2n) is 10.9. The van der Waals surface area contributed by atoms with Gasteiger partial charge >= 0.3 is 0 Å². The van der Waals surface area contributed by atoms with Crippen LogP contribution in [0.3, 0.4) is 0 Å². The van der Waals surface area contributed by atoms with Crippen LogP contribution in [-0.4, -0.2) is 73.7 Å². The van der Waals surface area contributed by atoms with Gasteiger partial charge in [0.2, 0.25) is 0 Å². The molecule has 0 fully saturated rings. The van der Waals surface area contributed by atoms with Crippen molar-refractivity contribution in [3.63, 3.8) is 0 Å². The molecule has 0 saturated heterocycles. The van der Waals surface area contributed by atoms with Crippen LogP contribution in [0.25, 0.3) is 0 Å². The fraction of sp³-hybridized carbons (Fsp3) is 0.400. The molecular weight excluding hydrogens is 588 g/mol. The molecule has 4 atom stereocenters. The summed E-state index contributed by atoms with van der Waals surface area (Å²) in [4.78, 5) is 15.3. The maximum absolute atomic E-state index is 15.3. The van der Waals surface area contributed by atoms with E-state index < -0.39 is 29.2 Å². The first-order valence-corrected chi connectivity index (χ1v) is 15.0. The number of ether oxygens (including phenoxy) is 6. The van der Waals surface area contributed by atoms with Gasteiger partial charge in [0.1, 0.15) is 23.7 Å². The van der Waals surface area contributed by atoms with E-state index in [9.17, 15) is 0 Å². The lowest BCUT2D eigenvalue weighted by molar-refractivity contribution is -0.133. The van der Waals surface area contributed by atoms with Crippen molar-refractivity contribution in [2.45, 2.75) is 36.5 Å². The van der Waals surface area contributed by atoms with Gasteiger partial charge in [0.25, 0.3) is 0 Å². The summed E-state index contributed by atoms with van der Waals surface area (Å²) < 4.78 is 37.0. The van der Waals surface area contributed by atoms with Crippen LogP contribution < -0.4 is 22.9 Å². The third-order valence-electron chi connectivity index (χ3n) is 9.06. The topological polar surface area (TPSA) is 177 Å². The maximum Gasteiger partial charge on any atom is 0.191 e. The quantitative estimate of drug-likeness (QED) is 0.240. The van der Waals surface area contributed by atoms with E-state index in [1.807, 2.05) is 48.5 Å². The van der Waals surface area contributed by atoms with E-state index in [2.05, 4.69) is 0 Å². The molecule has 0 aromatic heterocycles. The van der Waals surface area contributed by atoms with Gasteiger partial charge in [0.15, 0.2) is 17.0 Å². The summed E-state index contributed by atoms with van der Waals surface area (Å²) in [6.45, 7) is 0.418. The molecule has 2 aromatic carbocycles. The zero-order chi connectivity index (χ0) is 33.6. The lowest BCUT2D eigenvalue weighted by Gasteiger charge is -2.46. The molecule has 0 radical (unpaired) electrons. The fourth-order valence-electron chi connectivity index (χ4n) is 6.99. The zero-order valence-corrected chi connectivity index (χ0v) is 27.4. The van der Waals surface area contributed by atoms with E-state index in [1.165, 1.54) is 42.7 Å². The third-order valence-corrected chi connectivity index (χ3v) is 9.06. The van der Waals surface area contributed by atoms with Crippen LogP contribution in [0.5, 0.6) is 0 Å². The van der Waals surface area contributed by atoms with Crippen LogP contribution in [-0.2, 0) is 57.5 Å². The highest BCUT2D eigenvalue weighted by molar-refractivity contribution is 6.12. The average molecular weight is 635 g/mol. The molecule has 0 saturated carbocycles. The SMILES string of the molecule is COC1=CC(CN)=C(C(=O)C2=C(CN)C=C(OC)C(OC)(c3ccccc3CN)C2OC)C(OC)C1(OC)c1ccccc1CN. The molecule has 4 rings (SSSR count). The first-order valence-electron chi connectivity index (χ1n) is 15.0. The van der Waals surface area contributed by atoms with Gasteiger partial charge < -0.3 is 51.4 Å². The summed E-state index contributed by atoms with van der Waals surface area (Å²) in [7, 11) is 9.17. The minimum atomic E-state index is -1.40. The standard InChI is InChI=1S/C35H46N4O7/c1-41-27-15-23(19-38)29(32(43-3)34(27,45-5)25-13-9-7-11-21(25)17-36)31(40)30-24(20-39)16-28(42-2)35(46-6,33(30)44-4)26-14-10-8-12-22(26)18-37/h7-16,32-33H,17-20,36-39H2,1-6H3. The monoisotopic (exact) mass is 634 g/mol. The minimum Gasteiger partial charge on any atom is -0.498 e. The van der Waals surface area contributed by atoms with E-state index in [-0.39, 0.29) is 37.3 Å². The summed E-state index contributed by atoms with van der Waals surface area (Å²) in [6.07, 6.45) is 1.41. The van der Waals surface area contributed by atoms with Gasteiger partial charge in [-0.1, -0.05) is 48.5 Å². The minimum absolute atomic E-state index is 0.000398. The summed E-state index contributed by atoms with van der Waals surface area (Å²) in [5, 5.41) is 0. The number of benzene rings is 2. The summed E-state index contributed by atoms with van der Waals surface area (Å²) in [5.41, 5.74) is 26.7. The molecule has 11 heteroatoms. The maximum atomic E-state index is 15.3. The van der Waals surface area contributed by atoms with Gasteiger partial charge in [-0.05, 0) is 45.6 Å². The van der Waals surface area contributed by atoms with E-state index >= 15 is 4.79 Å². The molecule has 8 N–H and O–H groups in total. The number of hydrogen-bond acceptors (Lipinski definition) is 11. The van der Waals surface area contributed by atoms with Crippen molar-refractivity contribution in [1.82, 2.24) is 0 Å². The van der Waals surface area contributed by atoms with Gasteiger partial charge in [-0.2, -0.15) is 0 Å². The summed E-state index contributed by atoms with van der Waals surface area (Å²) in [5.74, 6) is 0.407. The Morgan fingerprint density at radius 1 is 0.609 bits per heavy atom.